The van der Waals surface area contributed by atoms with E-state index in [1.165, 1.54) is 0 Å². The van der Waals surface area contributed by atoms with Gasteiger partial charge >= 0.3 is 0 Å². The van der Waals surface area contributed by atoms with Crippen molar-refractivity contribution in [2.75, 3.05) is 32.1 Å². The molecule has 0 unspecified atom stereocenters. The number of hydrogen-bond acceptors (Lipinski definition) is 2. The van der Waals surface area contributed by atoms with Crippen molar-refractivity contribution >= 4 is 5.69 Å². The highest BCUT2D eigenvalue weighted by Crippen LogP contribution is 2.29. The van der Waals surface area contributed by atoms with E-state index in [2.05, 4.69) is 43.7 Å². The van der Waals surface area contributed by atoms with Gasteiger partial charge < -0.3 is 9.80 Å². The van der Waals surface area contributed by atoms with Crippen LogP contribution in [0.5, 0.6) is 0 Å². The molecule has 1 aliphatic rings. The Hall–Kier alpha value is -1.09. The zero-order chi connectivity index (χ0) is 14.9. The molecule has 0 bridgehead atoms. The normalized spacial score (nSPS) is 18.3. The largest absolute Gasteiger partial charge is 0.369 e. The first-order valence-electron chi connectivity index (χ1n) is 7.50. The van der Waals surface area contributed by atoms with Crippen molar-refractivity contribution < 1.29 is 4.39 Å². The molecule has 2 rings (SSSR count). The SMILES string of the molecule is CN1CCC(N(C)c2ccc(C(C)(C)C)cc2F)CC1. The lowest BCUT2D eigenvalue weighted by Crippen LogP contribution is -2.42. The smallest absolute Gasteiger partial charge is 0.146 e. The zero-order valence-electron chi connectivity index (χ0n) is 13.4. The minimum Gasteiger partial charge on any atom is -0.369 e. The maximum atomic E-state index is 14.4. The van der Waals surface area contributed by atoms with Gasteiger partial charge in [-0.2, -0.15) is 0 Å². The highest BCUT2D eigenvalue weighted by atomic mass is 19.1. The van der Waals surface area contributed by atoms with E-state index in [1.807, 2.05) is 13.1 Å². The summed E-state index contributed by atoms with van der Waals surface area (Å²) in [6.07, 6.45) is 2.21. The average molecular weight is 278 g/mol. The number of anilines is 1. The summed E-state index contributed by atoms with van der Waals surface area (Å²) in [6.45, 7) is 8.53. The van der Waals surface area contributed by atoms with E-state index in [0.717, 1.165) is 37.2 Å². The summed E-state index contributed by atoms with van der Waals surface area (Å²) in [5.41, 5.74) is 1.77. The Morgan fingerprint density at radius 2 is 1.80 bits per heavy atom. The molecule has 0 radical (unpaired) electrons. The van der Waals surface area contributed by atoms with Crippen LogP contribution in [0.25, 0.3) is 0 Å². The number of halogens is 1. The average Bonchev–Trinajstić information content (AvgIpc) is 2.37. The van der Waals surface area contributed by atoms with Gasteiger partial charge in [0.25, 0.3) is 0 Å². The molecule has 3 heteroatoms. The van der Waals surface area contributed by atoms with Crippen molar-refractivity contribution in [3.8, 4) is 0 Å². The van der Waals surface area contributed by atoms with Gasteiger partial charge in [-0.25, -0.2) is 4.39 Å². The molecule has 0 saturated carbocycles. The number of likely N-dealkylation sites (tertiary alicyclic amines) is 1. The van der Waals surface area contributed by atoms with Gasteiger partial charge in [0.15, 0.2) is 0 Å². The van der Waals surface area contributed by atoms with Crippen LogP contribution in [0.2, 0.25) is 0 Å². The summed E-state index contributed by atoms with van der Waals surface area (Å²) in [5.74, 6) is -0.0983. The molecule has 1 heterocycles. The maximum Gasteiger partial charge on any atom is 0.146 e. The second-order valence-corrected chi connectivity index (χ2v) is 7.06. The topological polar surface area (TPSA) is 6.48 Å². The molecule has 0 amide bonds. The number of rotatable bonds is 2. The van der Waals surface area contributed by atoms with E-state index in [9.17, 15) is 4.39 Å². The monoisotopic (exact) mass is 278 g/mol. The second kappa shape index (κ2) is 5.72. The van der Waals surface area contributed by atoms with E-state index in [1.54, 1.807) is 6.07 Å². The molecule has 0 aliphatic carbocycles. The molecule has 2 nitrogen and oxygen atoms in total. The standard InChI is InChI=1S/C17H27FN2/c1-17(2,3)13-6-7-16(15(18)12-13)20(5)14-8-10-19(4)11-9-14/h6-7,12,14H,8-11H2,1-5H3. The van der Waals surface area contributed by atoms with Gasteiger partial charge in [0.2, 0.25) is 0 Å². The summed E-state index contributed by atoms with van der Waals surface area (Å²) in [4.78, 5) is 4.46. The molecule has 0 spiro atoms. The molecular formula is C17H27FN2. The summed E-state index contributed by atoms with van der Waals surface area (Å²) in [5, 5.41) is 0. The Morgan fingerprint density at radius 1 is 1.20 bits per heavy atom. The molecule has 1 aliphatic heterocycles. The Morgan fingerprint density at radius 3 is 2.30 bits per heavy atom. The Balaban J connectivity index is 2.16. The van der Waals surface area contributed by atoms with E-state index < -0.39 is 0 Å². The highest BCUT2D eigenvalue weighted by Gasteiger charge is 2.23. The molecule has 1 saturated heterocycles. The predicted molar refractivity (Wildman–Crippen MR) is 84.0 cm³/mol. The molecule has 112 valence electrons. The summed E-state index contributed by atoms with van der Waals surface area (Å²) >= 11 is 0. The highest BCUT2D eigenvalue weighted by molar-refractivity contribution is 5.50. The summed E-state index contributed by atoms with van der Waals surface area (Å²) in [6, 6.07) is 6.14. The van der Waals surface area contributed by atoms with Gasteiger partial charge in [-0.3, -0.25) is 0 Å². The molecule has 20 heavy (non-hydrogen) atoms. The zero-order valence-corrected chi connectivity index (χ0v) is 13.4. The van der Waals surface area contributed by atoms with E-state index in [-0.39, 0.29) is 11.2 Å². The third-order valence-electron chi connectivity index (χ3n) is 4.43. The fraction of sp³-hybridized carbons (Fsp3) is 0.647. The Labute approximate surface area is 122 Å². The molecule has 0 atom stereocenters. The van der Waals surface area contributed by atoms with Gasteiger partial charge in [0.05, 0.1) is 5.69 Å². The number of benzene rings is 1. The van der Waals surface area contributed by atoms with Crippen LogP contribution in [0.15, 0.2) is 18.2 Å². The number of nitrogens with zero attached hydrogens (tertiary/aromatic N) is 2. The number of hydrogen-bond donors (Lipinski definition) is 0. The minimum absolute atomic E-state index is 0.00844. The second-order valence-electron chi connectivity index (χ2n) is 7.06. The van der Waals surface area contributed by atoms with Crippen molar-refractivity contribution in [2.24, 2.45) is 0 Å². The van der Waals surface area contributed by atoms with Crippen LogP contribution in [0, 0.1) is 5.82 Å². The van der Waals surface area contributed by atoms with Crippen molar-refractivity contribution in [2.45, 2.75) is 45.1 Å². The van der Waals surface area contributed by atoms with Gasteiger partial charge in [-0.05, 0) is 56.1 Å². The molecule has 0 N–H and O–H groups in total. The Kier molecular flexibility index (Phi) is 4.38. The molecule has 1 aromatic carbocycles. The molecule has 1 aromatic rings. The minimum atomic E-state index is -0.0983. The van der Waals surface area contributed by atoms with Crippen LogP contribution in [-0.4, -0.2) is 38.1 Å². The van der Waals surface area contributed by atoms with Crippen LogP contribution in [0.1, 0.15) is 39.2 Å². The van der Waals surface area contributed by atoms with Crippen LogP contribution in [0.4, 0.5) is 10.1 Å². The lowest BCUT2D eigenvalue weighted by atomic mass is 9.87. The maximum absolute atomic E-state index is 14.4. The lowest BCUT2D eigenvalue weighted by Gasteiger charge is -2.36. The van der Waals surface area contributed by atoms with Crippen molar-refractivity contribution in [3.05, 3.63) is 29.6 Å². The first-order valence-corrected chi connectivity index (χ1v) is 7.50. The quantitative estimate of drug-likeness (QED) is 0.814. The van der Waals surface area contributed by atoms with Crippen molar-refractivity contribution in [3.63, 3.8) is 0 Å². The third-order valence-corrected chi connectivity index (χ3v) is 4.43. The van der Waals surface area contributed by atoms with Crippen molar-refractivity contribution in [1.82, 2.24) is 4.90 Å². The fourth-order valence-electron chi connectivity index (χ4n) is 2.84. The van der Waals surface area contributed by atoms with E-state index in [0.29, 0.717) is 6.04 Å². The predicted octanol–water partition coefficient (Wildman–Crippen LogP) is 3.65. The van der Waals surface area contributed by atoms with E-state index in [4.69, 9.17) is 0 Å². The van der Waals surface area contributed by atoms with Crippen molar-refractivity contribution in [1.29, 1.82) is 0 Å². The molecular weight excluding hydrogens is 251 g/mol. The third kappa shape index (κ3) is 3.32. The first-order chi connectivity index (χ1) is 9.29. The van der Waals surface area contributed by atoms with Crippen LogP contribution in [0.3, 0.4) is 0 Å². The lowest BCUT2D eigenvalue weighted by molar-refractivity contribution is 0.252. The summed E-state index contributed by atoms with van der Waals surface area (Å²) in [7, 11) is 4.17. The van der Waals surface area contributed by atoms with Gasteiger partial charge in [0, 0.05) is 13.1 Å². The van der Waals surface area contributed by atoms with Gasteiger partial charge in [0.1, 0.15) is 5.82 Å². The van der Waals surface area contributed by atoms with Gasteiger partial charge in [-0.15, -0.1) is 0 Å². The van der Waals surface area contributed by atoms with Crippen LogP contribution in [-0.2, 0) is 5.41 Å². The number of piperidine rings is 1. The van der Waals surface area contributed by atoms with Crippen LogP contribution >= 0.6 is 0 Å². The van der Waals surface area contributed by atoms with E-state index >= 15 is 0 Å². The molecule has 0 aromatic heterocycles. The molecule has 1 fully saturated rings. The first kappa shape index (κ1) is 15.3. The Bertz CT molecular complexity index is 457. The fourth-order valence-corrected chi connectivity index (χ4v) is 2.84. The van der Waals surface area contributed by atoms with Gasteiger partial charge in [-0.1, -0.05) is 26.8 Å². The summed E-state index contributed by atoms with van der Waals surface area (Å²) < 4.78 is 14.4. The van der Waals surface area contributed by atoms with Crippen LogP contribution < -0.4 is 4.90 Å².